The maximum absolute atomic E-state index is 12.8. The van der Waals surface area contributed by atoms with Gasteiger partial charge in [0.1, 0.15) is 6.54 Å². The molecule has 138 valence electrons. The fraction of sp³-hybridized carbons (Fsp3) is 0.316. The van der Waals surface area contributed by atoms with Crippen LogP contribution in [0.5, 0.6) is 5.88 Å². The number of carbonyl (C=O) groups is 2. The van der Waals surface area contributed by atoms with Gasteiger partial charge in [-0.3, -0.25) is 9.59 Å². The van der Waals surface area contributed by atoms with Crippen LogP contribution in [0.25, 0.3) is 0 Å². The second-order valence-corrected chi connectivity index (χ2v) is 6.03. The summed E-state index contributed by atoms with van der Waals surface area (Å²) in [7, 11) is 0. The molecule has 0 bridgehead atoms. The Morgan fingerprint density at radius 3 is 2.58 bits per heavy atom. The van der Waals surface area contributed by atoms with Crippen molar-refractivity contribution in [3.63, 3.8) is 0 Å². The highest BCUT2D eigenvalue weighted by Gasteiger charge is 2.19. The van der Waals surface area contributed by atoms with Crippen LogP contribution in [0.2, 0.25) is 5.02 Å². The monoisotopic (exact) mass is 375 g/mol. The number of anilines is 1. The molecule has 2 rings (SSSR count). The van der Waals surface area contributed by atoms with Crippen LogP contribution in [-0.4, -0.2) is 41.4 Å². The molecule has 2 aromatic rings. The SMILES string of the molecule is CCCN(CC(=O)Nc1ccc(Cl)cc1)C(=O)c1ccnc(OCC)c1. The Labute approximate surface area is 158 Å². The molecule has 0 unspecified atom stereocenters. The van der Waals surface area contributed by atoms with E-state index in [-0.39, 0.29) is 18.4 Å². The van der Waals surface area contributed by atoms with Crippen molar-refractivity contribution in [2.24, 2.45) is 0 Å². The van der Waals surface area contributed by atoms with E-state index in [2.05, 4.69) is 10.3 Å². The molecular formula is C19H22ClN3O3. The average Bonchev–Trinajstić information content (AvgIpc) is 2.63. The molecule has 7 heteroatoms. The summed E-state index contributed by atoms with van der Waals surface area (Å²) >= 11 is 5.84. The summed E-state index contributed by atoms with van der Waals surface area (Å²) in [6.45, 7) is 4.70. The minimum atomic E-state index is -0.270. The van der Waals surface area contributed by atoms with Crippen molar-refractivity contribution in [3.05, 3.63) is 53.2 Å². The summed E-state index contributed by atoms with van der Waals surface area (Å²) in [5, 5.41) is 3.36. The zero-order valence-corrected chi connectivity index (χ0v) is 15.6. The van der Waals surface area contributed by atoms with Gasteiger partial charge < -0.3 is 15.0 Å². The molecule has 0 aliphatic rings. The van der Waals surface area contributed by atoms with Gasteiger partial charge >= 0.3 is 0 Å². The number of ether oxygens (including phenoxy) is 1. The second kappa shape index (κ2) is 9.77. The lowest BCUT2D eigenvalue weighted by Crippen LogP contribution is -2.38. The number of hydrogen-bond acceptors (Lipinski definition) is 4. The molecule has 0 saturated heterocycles. The van der Waals surface area contributed by atoms with Gasteiger partial charge in [-0.1, -0.05) is 18.5 Å². The van der Waals surface area contributed by atoms with Crippen molar-refractivity contribution in [2.75, 3.05) is 25.0 Å². The van der Waals surface area contributed by atoms with Crippen LogP contribution in [0.1, 0.15) is 30.6 Å². The standard InChI is InChI=1S/C19H22ClN3O3/c1-3-11-23(13-17(24)22-16-7-5-15(20)6-8-16)19(25)14-9-10-21-18(12-14)26-4-2/h5-10,12H,3-4,11,13H2,1-2H3,(H,22,24). The highest BCUT2D eigenvalue weighted by atomic mass is 35.5. The third-order valence-corrected chi connectivity index (χ3v) is 3.77. The molecule has 0 radical (unpaired) electrons. The van der Waals surface area contributed by atoms with Crippen molar-refractivity contribution in [2.45, 2.75) is 20.3 Å². The average molecular weight is 376 g/mol. The largest absolute Gasteiger partial charge is 0.478 e. The molecular weight excluding hydrogens is 354 g/mol. The fourth-order valence-corrected chi connectivity index (χ4v) is 2.51. The Bertz CT molecular complexity index is 750. The van der Waals surface area contributed by atoms with Gasteiger partial charge in [-0.15, -0.1) is 0 Å². The van der Waals surface area contributed by atoms with Crippen LogP contribution in [0.15, 0.2) is 42.6 Å². The highest BCUT2D eigenvalue weighted by molar-refractivity contribution is 6.30. The number of pyridine rings is 1. The zero-order chi connectivity index (χ0) is 18.9. The predicted octanol–water partition coefficient (Wildman–Crippen LogP) is 3.62. The number of carbonyl (C=O) groups excluding carboxylic acids is 2. The Kier molecular flexibility index (Phi) is 7.41. The fourth-order valence-electron chi connectivity index (χ4n) is 2.38. The lowest BCUT2D eigenvalue weighted by atomic mass is 10.2. The molecule has 0 atom stereocenters. The van der Waals surface area contributed by atoms with Crippen LogP contribution in [-0.2, 0) is 4.79 Å². The summed E-state index contributed by atoms with van der Waals surface area (Å²) in [5.41, 5.74) is 1.07. The Hall–Kier alpha value is -2.60. The Balaban J connectivity index is 2.06. The molecule has 1 aromatic carbocycles. The predicted molar refractivity (Wildman–Crippen MR) is 102 cm³/mol. The molecule has 26 heavy (non-hydrogen) atoms. The van der Waals surface area contributed by atoms with Gasteiger partial charge in [-0.25, -0.2) is 4.98 Å². The number of benzene rings is 1. The van der Waals surface area contributed by atoms with Crippen LogP contribution in [0.3, 0.4) is 0 Å². The summed E-state index contributed by atoms with van der Waals surface area (Å²) in [6.07, 6.45) is 2.26. The first-order valence-electron chi connectivity index (χ1n) is 8.47. The summed E-state index contributed by atoms with van der Waals surface area (Å²) in [6, 6.07) is 10.0. The maximum atomic E-state index is 12.8. The number of halogens is 1. The van der Waals surface area contributed by atoms with E-state index in [0.717, 1.165) is 6.42 Å². The van der Waals surface area contributed by atoms with Crippen LogP contribution >= 0.6 is 11.6 Å². The van der Waals surface area contributed by atoms with Crippen molar-refractivity contribution in [1.29, 1.82) is 0 Å². The third kappa shape index (κ3) is 5.74. The molecule has 1 aromatic heterocycles. The Morgan fingerprint density at radius 2 is 1.92 bits per heavy atom. The van der Waals surface area contributed by atoms with E-state index in [1.54, 1.807) is 36.4 Å². The van der Waals surface area contributed by atoms with Gasteiger partial charge in [0, 0.05) is 35.1 Å². The number of aromatic nitrogens is 1. The lowest BCUT2D eigenvalue weighted by Gasteiger charge is -2.22. The van der Waals surface area contributed by atoms with Crippen LogP contribution < -0.4 is 10.1 Å². The first kappa shape index (κ1) is 19.7. The lowest BCUT2D eigenvalue weighted by molar-refractivity contribution is -0.116. The molecule has 6 nitrogen and oxygen atoms in total. The molecule has 0 saturated carbocycles. The molecule has 1 heterocycles. The van der Waals surface area contributed by atoms with Gasteiger partial charge in [0.15, 0.2) is 0 Å². The van der Waals surface area contributed by atoms with E-state index in [1.807, 2.05) is 13.8 Å². The first-order valence-corrected chi connectivity index (χ1v) is 8.84. The van der Waals surface area contributed by atoms with E-state index in [0.29, 0.717) is 35.3 Å². The van der Waals surface area contributed by atoms with Crippen molar-refractivity contribution < 1.29 is 14.3 Å². The smallest absolute Gasteiger partial charge is 0.254 e. The number of hydrogen-bond donors (Lipinski definition) is 1. The number of nitrogens with zero attached hydrogens (tertiary/aromatic N) is 2. The minimum absolute atomic E-state index is 0.0401. The molecule has 1 N–H and O–H groups in total. The number of rotatable bonds is 8. The van der Waals surface area contributed by atoms with E-state index < -0.39 is 0 Å². The minimum Gasteiger partial charge on any atom is -0.478 e. The molecule has 0 aliphatic heterocycles. The van der Waals surface area contributed by atoms with E-state index in [1.165, 1.54) is 11.1 Å². The summed E-state index contributed by atoms with van der Waals surface area (Å²) < 4.78 is 5.33. The van der Waals surface area contributed by atoms with E-state index >= 15 is 0 Å². The summed E-state index contributed by atoms with van der Waals surface area (Å²) in [4.78, 5) is 30.6. The van der Waals surface area contributed by atoms with Crippen molar-refractivity contribution >= 4 is 29.1 Å². The van der Waals surface area contributed by atoms with Crippen molar-refractivity contribution in [1.82, 2.24) is 9.88 Å². The number of amides is 2. The molecule has 0 fully saturated rings. The second-order valence-electron chi connectivity index (χ2n) is 5.60. The van der Waals surface area contributed by atoms with E-state index in [4.69, 9.17) is 16.3 Å². The van der Waals surface area contributed by atoms with Gasteiger partial charge in [0.25, 0.3) is 5.91 Å². The molecule has 0 spiro atoms. The third-order valence-electron chi connectivity index (χ3n) is 3.52. The highest BCUT2D eigenvalue weighted by Crippen LogP contribution is 2.15. The van der Waals surface area contributed by atoms with Gasteiger partial charge in [0.2, 0.25) is 11.8 Å². The maximum Gasteiger partial charge on any atom is 0.254 e. The number of nitrogens with one attached hydrogen (secondary N) is 1. The normalized spacial score (nSPS) is 10.3. The van der Waals surface area contributed by atoms with E-state index in [9.17, 15) is 9.59 Å². The van der Waals surface area contributed by atoms with Gasteiger partial charge in [-0.2, -0.15) is 0 Å². The van der Waals surface area contributed by atoms with Gasteiger partial charge in [-0.05, 0) is 43.7 Å². The first-order chi connectivity index (χ1) is 12.5. The molecule has 0 aliphatic carbocycles. The van der Waals surface area contributed by atoms with Crippen LogP contribution in [0.4, 0.5) is 5.69 Å². The topological polar surface area (TPSA) is 71.5 Å². The Morgan fingerprint density at radius 1 is 1.19 bits per heavy atom. The van der Waals surface area contributed by atoms with Crippen molar-refractivity contribution in [3.8, 4) is 5.88 Å². The van der Waals surface area contributed by atoms with Crippen LogP contribution in [0, 0.1) is 0 Å². The van der Waals surface area contributed by atoms with Gasteiger partial charge in [0.05, 0.1) is 6.61 Å². The zero-order valence-electron chi connectivity index (χ0n) is 14.9. The quantitative estimate of drug-likeness (QED) is 0.764. The summed E-state index contributed by atoms with van der Waals surface area (Å²) in [5.74, 6) is -0.116. The molecule has 2 amide bonds.